The van der Waals surface area contributed by atoms with Crippen molar-refractivity contribution >= 4 is 11.5 Å². The molecule has 2 rings (SSSR count). The number of nitrogen functional groups attached to an aromatic ring is 1. The number of piperazine rings is 1. The molecule has 0 aromatic carbocycles. The normalized spacial score (nSPS) is 17.8. The van der Waals surface area contributed by atoms with Crippen molar-refractivity contribution in [3.8, 4) is 0 Å². The van der Waals surface area contributed by atoms with Gasteiger partial charge in [0, 0.05) is 38.9 Å². The number of aromatic nitrogens is 1. The molecule has 0 bridgehead atoms. The molecule has 1 aliphatic rings. The van der Waals surface area contributed by atoms with Gasteiger partial charge in [0.15, 0.2) is 5.82 Å². The topological polar surface area (TPSA) is 65.6 Å². The lowest BCUT2D eigenvalue weighted by Crippen LogP contribution is -2.50. The summed E-state index contributed by atoms with van der Waals surface area (Å²) >= 11 is 0. The van der Waals surface area contributed by atoms with Crippen molar-refractivity contribution in [1.82, 2.24) is 9.88 Å². The van der Waals surface area contributed by atoms with Gasteiger partial charge in [-0.1, -0.05) is 0 Å². The first kappa shape index (κ1) is 14.1. The monoisotopic (exact) mass is 264 g/mol. The third kappa shape index (κ3) is 3.81. The van der Waals surface area contributed by atoms with E-state index >= 15 is 0 Å². The summed E-state index contributed by atoms with van der Waals surface area (Å²) in [5.74, 6) is 0.883. The minimum absolute atomic E-state index is 0.636. The molecule has 0 saturated carbocycles. The van der Waals surface area contributed by atoms with Crippen LogP contribution in [0.1, 0.15) is 19.4 Å². The molecule has 5 heteroatoms. The summed E-state index contributed by atoms with van der Waals surface area (Å²) in [6.45, 7) is 10.1. The molecule has 0 atom stereocenters. The summed E-state index contributed by atoms with van der Waals surface area (Å²) in [7, 11) is 0. The smallest absolute Gasteiger partial charge is 0.151 e. The van der Waals surface area contributed by atoms with E-state index in [2.05, 4.69) is 14.8 Å². The van der Waals surface area contributed by atoms with Gasteiger partial charge in [-0.3, -0.25) is 4.90 Å². The van der Waals surface area contributed by atoms with Gasteiger partial charge in [-0.15, -0.1) is 0 Å². The lowest BCUT2D eigenvalue weighted by molar-refractivity contribution is 0.0345. The summed E-state index contributed by atoms with van der Waals surface area (Å²) in [6, 6.07) is 1.96. The van der Waals surface area contributed by atoms with Gasteiger partial charge in [-0.05, 0) is 32.4 Å². The van der Waals surface area contributed by atoms with E-state index in [9.17, 15) is 5.11 Å². The van der Waals surface area contributed by atoms with Crippen molar-refractivity contribution in [3.05, 3.63) is 17.8 Å². The van der Waals surface area contributed by atoms with Crippen molar-refractivity contribution < 1.29 is 5.11 Å². The molecule has 2 heterocycles. The molecule has 0 radical (unpaired) electrons. The van der Waals surface area contributed by atoms with E-state index in [1.165, 1.54) is 0 Å². The second-order valence-corrected chi connectivity index (χ2v) is 6.00. The van der Waals surface area contributed by atoms with Crippen LogP contribution in [0.15, 0.2) is 12.3 Å². The number of rotatable bonds is 3. The fraction of sp³-hybridized carbons (Fsp3) is 0.643. The molecule has 1 saturated heterocycles. The predicted molar refractivity (Wildman–Crippen MR) is 78.3 cm³/mol. The van der Waals surface area contributed by atoms with Crippen molar-refractivity contribution in [2.24, 2.45) is 0 Å². The van der Waals surface area contributed by atoms with E-state index in [0.29, 0.717) is 6.54 Å². The first-order valence-electron chi connectivity index (χ1n) is 6.77. The molecule has 5 nitrogen and oxygen atoms in total. The molecule has 0 amide bonds. The summed E-state index contributed by atoms with van der Waals surface area (Å²) in [5.41, 5.74) is 7.23. The zero-order valence-electron chi connectivity index (χ0n) is 12.1. The number of β-amino-alcohol motifs (C(OH)–C–C–N with tert-alkyl or cyclic N) is 1. The average molecular weight is 264 g/mol. The van der Waals surface area contributed by atoms with E-state index in [1.54, 1.807) is 0 Å². The molecule has 19 heavy (non-hydrogen) atoms. The van der Waals surface area contributed by atoms with E-state index in [-0.39, 0.29) is 0 Å². The van der Waals surface area contributed by atoms with Gasteiger partial charge in [0.05, 0.1) is 11.3 Å². The van der Waals surface area contributed by atoms with Gasteiger partial charge in [-0.2, -0.15) is 0 Å². The molecule has 1 aromatic rings. The molecule has 106 valence electrons. The second kappa shape index (κ2) is 5.35. The highest BCUT2D eigenvalue weighted by Crippen LogP contribution is 2.22. The van der Waals surface area contributed by atoms with Gasteiger partial charge in [0.25, 0.3) is 0 Å². The first-order chi connectivity index (χ1) is 8.85. The number of nitrogens with zero attached hydrogens (tertiary/aromatic N) is 3. The minimum atomic E-state index is -0.636. The number of aliphatic hydroxyl groups is 1. The van der Waals surface area contributed by atoms with Crippen LogP contribution in [-0.2, 0) is 0 Å². The Kier molecular flexibility index (Phi) is 3.96. The van der Waals surface area contributed by atoms with Crippen LogP contribution in [0.2, 0.25) is 0 Å². The van der Waals surface area contributed by atoms with Crippen LogP contribution in [-0.4, -0.2) is 53.3 Å². The Bertz CT molecular complexity index is 434. The maximum absolute atomic E-state index is 9.84. The SMILES string of the molecule is Cc1cnc(N2CCN(CC(C)(C)O)CC2)c(N)c1. The molecule has 3 N–H and O–H groups in total. The van der Waals surface area contributed by atoms with Crippen LogP contribution in [0.25, 0.3) is 0 Å². The van der Waals surface area contributed by atoms with Gasteiger partial charge >= 0.3 is 0 Å². The van der Waals surface area contributed by atoms with Crippen LogP contribution < -0.4 is 10.6 Å². The number of hydrogen-bond acceptors (Lipinski definition) is 5. The molecular formula is C14H24N4O. The van der Waals surface area contributed by atoms with E-state index in [4.69, 9.17) is 5.73 Å². The molecule has 0 spiro atoms. The number of pyridine rings is 1. The summed E-state index contributed by atoms with van der Waals surface area (Å²) in [6.07, 6.45) is 1.86. The van der Waals surface area contributed by atoms with Gasteiger partial charge in [0.2, 0.25) is 0 Å². The zero-order chi connectivity index (χ0) is 14.0. The van der Waals surface area contributed by atoms with Crippen LogP contribution >= 0.6 is 0 Å². The van der Waals surface area contributed by atoms with Crippen LogP contribution in [0.5, 0.6) is 0 Å². The Morgan fingerprint density at radius 2 is 1.95 bits per heavy atom. The zero-order valence-corrected chi connectivity index (χ0v) is 12.1. The molecule has 0 aliphatic carbocycles. The van der Waals surface area contributed by atoms with Gasteiger partial charge in [0.1, 0.15) is 0 Å². The Morgan fingerprint density at radius 1 is 1.32 bits per heavy atom. The number of anilines is 2. The standard InChI is InChI=1S/C14H24N4O/c1-11-8-12(15)13(16-9-11)18-6-4-17(5-7-18)10-14(2,3)19/h8-9,19H,4-7,10,15H2,1-3H3. The lowest BCUT2D eigenvalue weighted by atomic mass is 10.1. The molecule has 0 unspecified atom stereocenters. The van der Waals surface area contributed by atoms with Crippen molar-refractivity contribution in [1.29, 1.82) is 0 Å². The number of aryl methyl sites for hydroxylation is 1. The maximum Gasteiger partial charge on any atom is 0.151 e. The van der Waals surface area contributed by atoms with Crippen LogP contribution in [0.4, 0.5) is 11.5 Å². The van der Waals surface area contributed by atoms with Crippen LogP contribution in [0.3, 0.4) is 0 Å². The highest BCUT2D eigenvalue weighted by atomic mass is 16.3. The van der Waals surface area contributed by atoms with Crippen molar-refractivity contribution in [3.63, 3.8) is 0 Å². The predicted octanol–water partition coefficient (Wildman–Crippen LogP) is 0.865. The summed E-state index contributed by atoms with van der Waals surface area (Å²) in [4.78, 5) is 8.93. The van der Waals surface area contributed by atoms with Crippen molar-refractivity contribution in [2.75, 3.05) is 43.4 Å². The Hall–Kier alpha value is -1.33. The highest BCUT2D eigenvalue weighted by Gasteiger charge is 2.23. The second-order valence-electron chi connectivity index (χ2n) is 6.00. The lowest BCUT2D eigenvalue weighted by Gasteiger charge is -2.38. The third-order valence-electron chi connectivity index (χ3n) is 3.31. The van der Waals surface area contributed by atoms with E-state index in [1.807, 2.05) is 33.0 Å². The Balaban J connectivity index is 1.96. The molecule has 1 aromatic heterocycles. The van der Waals surface area contributed by atoms with Crippen molar-refractivity contribution in [2.45, 2.75) is 26.4 Å². The van der Waals surface area contributed by atoms with E-state index < -0.39 is 5.60 Å². The molecular weight excluding hydrogens is 240 g/mol. The Labute approximate surface area is 115 Å². The fourth-order valence-corrected chi connectivity index (χ4v) is 2.51. The maximum atomic E-state index is 9.84. The fourth-order valence-electron chi connectivity index (χ4n) is 2.51. The molecule has 1 aliphatic heterocycles. The van der Waals surface area contributed by atoms with Crippen LogP contribution in [0, 0.1) is 6.92 Å². The van der Waals surface area contributed by atoms with Gasteiger partial charge in [-0.25, -0.2) is 4.98 Å². The number of hydrogen-bond donors (Lipinski definition) is 2. The first-order valence-corrected chi connectivity index (χ1v) is 6.77. The quantitative estimate of drug-likeness (QED) is 0.848. The third-order valence-corrected chi connectivity index (χ3v) is 3.31. The largest absolute Gasteiger partial charge is 0.396 e. The van der Waals surface area contributed by atoms with Gasteiger partial charge < -0.3 is 15.7 Å². The summed E-state index contributed by atoms with van der Waals surface area (Å²) in [5, 5.41) is 9.84. The minimum Gasteiger partial charge on any atom is -0.396 e. The molecule has 1 fully saturated rings. The average Bonchev–Trinajstić information content (AvgIpc) is 2.28. The Morgan fingerprint density at radius 3 is 2.47 bits per heavy atom. The highest BCUT2D eigenvalue weighted by molar-refractivity contribution is 5.63. The number of nitrogens with two attached hydrogens (primary N) is 1. The van der Waals surface area contributed by atoms with E-state index in [0.717, 1.165) is 43.2 Å². The summed E-state index contributed by atoms with van der Waals surface area (Å²) < 4.78 is 0.